The van der Waals surface area contributed by atoms with E-state index in [1.54, 1.807) is 17.8 Å². The lowest BCUT2D eigenvalue weighted by molar-refractivity contribution is 0.0689. The molecule has 0 saturated carbocycles. The second kappa shape index (κ2) is 6.54. The average molecular weight is 313 g/mol. The zero-order valence-corrected chi connectivity index (χ0v) is 13.7. The normalized spacial score (nSPS) is 19.5. The third kappa shape index (κ3) is 3.45. The van der Waals surface area contributed by atoms with E-state index in [0.717, 1.165) is 17.8 Å². The van der Waals surface area contributed by atoms with Crippen molar-refractivity contribution in [3.8, 4) is 11.3 Å². The van der Waals surface area contributed by atoms with Crippen LogP contribution in [0.3, 0.4) is 0 Å². The Bertz CT molecular complexity index is 691. The molecule has 0 radical (unpaired) electrons. The van der Waals surface area contributed by atoms with Crippen LogP contribution in [0.15, 0.2) is 30.3 Å². The van der Waals surface area contributed by atoms with Gasteiger partial charge in [0.1, 0.15) is 0 Å². The van der Waals surface area contributed by atoms with Gasteiger partial charge in [-0.15, -0.1) is 0 Å². The van der Waals surface area contributed by atoms with Crippen molar-refractivity contribution in [2.45, 2.75) is 25.2 Å². The molecule has 5 nitrogen and oxygen atoms in total. The number of carbonyl (C=O) groups is 1. The van der Waals surface area contributed by atoms with Crippen molar-refractivity contribution >= 4 is 5.97 Å². The summed E-state index contributed by atoms with van der Waals surface area (Å²) in [6, 6.07) is 10.1. The minimum atomic E-state index is -0.994. The van der Waals surface area contributed by atoms with Crippen molar-refractivity contribution < 1.29 is 9.90 Å². The fourth-order valence-corrected chi connectivity index (χ4v) is 3.34. The fourth-order valence-electron chi connectivity index (χ4n) is 3.34. The summed E-state index contributed by atoms with van der Waals surface area (Å²) in [5.41, 5.74) is 3.29. The Morgan fingerprint density at radius 2 is 1.91 bits per heavy atom. The van der Waals surface area contributed by atoms with Gasteiger partial charge in [0.05, 0.1) is 5.69 Å². The highest BCUT2D eigenvalue weighted by molar-refractivity contribution is 5.87. The third-order valence-corrected chi connectivity index (χ3v) is 4.73. The molecule has 1 atom stereocenters. The van der Waals surface area contributed by atoms with Crippen molar-refractivity contribution in [1.29, 1.82) is 0 Å². The van der Waals surface area contributed by atoms with Gasteiger partial charge < -0.3 is 10.0 Å². The molecule has 2 heterocycles. The molecule has 0 amide bonds. The molecule has 0 aliphatic carbocycles. The maximum Gasteiger partial charge on any atom is 0.356 e. The van der Waals surface area contributed by atoms with E-state index in [4.69, 9.17) is 5.11 Å². The van der Waals surface area contributed by atoms with Gasteiger partial charge in [-0.3, -0.25) is 4.68 Å². The largest absolute Gasteiger partial charge is 0.476 e. The summed E-state index contributed by atoms with van der Waals surface area (Å²) in [6.07, 6.45) is 3.68. The number of likely N-dealkylation sites (tertiary alicyclic amines) is 1. The van der Waals surface area contributed by atoms with Crippen molar-refractivity contribution in [1.82, 2.24) is 14.7 Å². The molecular formula is C18H23N3O2. The fraction of sp³-hybridized carbons (Fsp3) is 0.444. The molecule has 1 aliphatic rings. The molecule has 122 valence electrons. The van der Waals surface area contributed by atoms with Gasteiger partial charge in [0, 0.05) is 7.05 Å². The maximum atomic E-state index is 11.0. The molecule has 5 heteroatoms. The van der Waals surface area contributed by atoms with E-state index in [0.29, 0.717) is 5.92 Å². The molecule has 0 bridgehead atoms. The molecule has 1 fully saturated rings. The number of hydrogen-bond acceptors (Lipinski definition) is 3. The molecule has 1 N–H and O–H groups in total. The van der Waals surface area contributed by atoms with Crippen LogP contribution in [0.4, 0.5) is 0 Å². The first-order valence-electron chi connectivity index (χ1n) is 8.11. The Hall–Kier alpha value is -2.14. The SMILES string of the molecule is CN1CCCC(c2ccc(-c3cc(C(=O)O)nn3C)cc2)CC1. The number of benzene rings is 1. The number of aryl methyl sites for hydroxylation is 1. The number of rotatable bonds is 3. The van der Waals surface area contributed by atoms with Crippen LogP contribution in [-0.2, 0) is 7.05 Å². The van der Waals surface area contributed by atoms with E-state index in [2.05, 4.69) is 41.3 Å². The van der Waals surface area contributed by atoms with E-state index in [-0.39, 0.29) is 5.69 Å². The predicted molar refractivity (Wildman–Crippen MR) is 89.7 cm³/mol. The van der Waals surface area contributed by atoms with Crippen LogP contribution >= 0.6 is 0 Å². The Labute approximate surface area is 136 Å². The van der Waals surface area contributed by atoms with E-state index in [1.807, 2.05) is 0 Å². The highest BCUT2D eigenvalue weighted by atomic mass is 16.4. The molecule has 1 aromatic carbocycles. The summed E-state index contributed by atoms with van der Waals surface area (Å²) in [5.74, 6) is -0.374. The number of carboxylic acids is 1. The number of aromatic carboxylic acids is 1. The van der Waals surface area contributed by atoms with Crippen LogP contribution in [0, 0.1) is 0 Å². The standard InChI is InChI=1S/C18H23N3O2/c1-20-10-3-4-13(9-11-20)14-5-7-15(8-6-14)17-12-16(18(22)23)19-21(17)2/h5-8,12-13H,3-4,9-11H2,1-2H3,(H,22,23). The van der Waals surface area contributed by atoms with Gasteiger partial charge in [-0.2, -0.15) is 5.10 Å². The maximum absolute atomic E-state index is 11.0. The van der Waals surface area contributed by atoms with Crippen LogP contribution < -0.4 is 0 Å². The van der Waals surface area contributed by atoms with Gasteiger partial charge in [-0.25, -0.2) is 4.79 Å². The molecular weight excluding hydrogens is 290 g/mol. The second-order valence-electron chi connectivity index (χ2n) is 6.40. The molecule has 23 heavy (non-hydrogen) atoms. The van der Waals surface area contributed by atoms with Crippen molar-refractivity contribution in [3.05, 3.63) is 41.6 Å². The first-order chi connectivity index (χ1) is 11.0. The zero-order chi connectivity index (χ0) is 16.4. The van der Waals surface area contributed by atoms with Gasteiger partial charge in [0.25, 0.3) is 0 Å². The molecule has 0 spiro atoms. The van der Waals surface area contributed by atoms with Crippen LogP contribution in [0.2, 0.25) is 0 Å². The van der Waals surface area contributed by atoms with Gasteiger partial charge in [0.2, 0.25) is 0 Å². The monoisotopic (exact) mass is 313 g/mol. The summed E-state index contributed by atoms with van der Waals surface area (Å²) in [5, 5.41) is 13.1. The number of aromatic nitrogens is 2. The Morgan fingerprint density at radius 1 is 1.17 bits per heavy atom. The summed E-state index contributed by atoms with van der Waals surface area (Å²) in [6.45, 7) is 2.33. The number of hydrogen-bond donors (Lipinski definition) is 1. The van der Waals surface area contributed by atoms with E-state index in [9.17, 15) is 4.79 Å². The first kappa shape index (κ1) is 15.7. The number of nitrogens with zero attached hydrogens (tertiary/aromatic N) is 3. The lowest BCUT2D eigenvalue weighted by Crippen LogP contribution is -2.18. The molecule has 1 aromatic heterocycles. The Kier molecular flexibility index (Phi) is 4.48. The molecule has 1 aliphatic heterocycles. The van der Waals surface area contributed by atoms with Crippen molar-refractivity contribution in [3.63, 3.8) is 0 Å². The second-order valence-corrected chi connectivity index (χ2v) is 6.40. The van der Waals surface area contributed by atoms with Gasteiger partial charge in [0.15, 0.2) is 5.69 Å². The van der Waals surface area contributed by atoms with Crippen molar-refractivity contribution in [2.75, 3.05) is 20.1 Å². The minimum absolute atomic E-state index is 0.0818. The first-order valence-corrected chi connectivity index (χ1v) is 8.11. The predicted octanol–water partition coefficient (Wildman–Crippen LogP) is 2.98. The molecule has 1 saturated heterocycles. The molecule has 3 rings (SSSR count). The van der Waals surface area contributed by atoms with Crippen LogP contribution in [0.1, 0.15) is 41.2 Å². The minimum Gasteiger partial charge on any atom is -0.476 e. The highest BCUT2D eigenvalue weighted by Gasteiger charge is 2.17. The Morgan fingerprint density at radius 3 is 2.57 bits per heavy atom. The summed E-state index contributed by atoms with van der Waals surface area (Å²) >= 11 is 0. The highest BCUT2D eigenvalue weighted by Crippen LogP contribution is 2.29. The average Bonchev–Trinajstić information content (AvgIpc) is 2.79. The quantitative estimate of drug-likeness (QED) is 0.946. The molecule has 2 aromatic rings. The van der Waals surface area contributed by atoms with Crippen molar-refractivity contribution in [2.24, 2.45) is 7.05 Å². The van der Waals surface area contributed by atoms with E-state index >= 15 is 0 Å². The van der Waals surface area contributed by atoms with Crippen LogP contribution in [0.25, 0.3) is 11.3 Å². The van der Waals surface area contributed by atoms with Gasteiger partial charge >= 0.3 is 5.97 Å². The van der Waals surface area contributed by atoms with Gasteiger partial charge in [-0.05, 0) is 62.5 Å². The third-order valence-electron chi connectivity index (χ3n) is 4.73. The van der Waals surface area contributed by atoms with E-state index in [1.165, 1.54) is 31.4 Å². The van der Waals surface area contributed by atoms with E-state index < -0.39 is 5.97 Å². The Balaban J connectivity index is 1.80. The lowest BCUT2D eigenvalue weighted by Gasteiger charge is -2.15. The molecule has 1 unspecified atom stereocenters. The lowest BCUT2D eigenvalue weighted by atomic mass is 9.91. The topological polar surface area (TPSA) is 58.4 Å². The smallest absolute Gasteiger partial charge is 0.356 e. The summed E-state index contributed by atoms with van der Waals surface area (Å²) < 4.78 is 1.62. The zero-order valence-electron chi connectivity index (χ0n) is 13.7. The van der Waals surface area contributed by atoms with Crippen LogP contribution in [0.5, 0.6) is 0 Å². The summed E-state index contributed by atoms with van der Waals surface area (Å²) in [7, 11) is 3.96. The van der Waals surface area contributed by atoms with Gasteiger partial charge in [-0.1, -0.05) is 24.3 Å². The number of carboxylic acid groups (broad SMARTS) is 1. The van der Waals surface area contributed by atoms with Crippen LogP contribution in [-0.4, -0.2) is 45.9 Å². The summed E-state index contributed by atoms with van der Waals surface area (Å²) in [4.78, 5) is 13.4.